The maximum absolute atomic E-state index is 12.9. The second-order valence-electron chi connectivity index (χ2n) is 5.85. The van der Waals surface area contributed by atoms with Crippen LogP contribution in [0.1, 0.15) is 38.8 Å². The van der Waals surface area contributed by atoms with Crippen LogP contribution in [0.3, 0.4) is 0 Å². The zero-order valence-corrected chi connectivity index (χ0v) is 15.5. The van der Waals surface area contributed by atoms with Crippen molar-refractivity contribution in [1.82, 2.24) is 0 Å². The van der Waals surface area contributed by atoms with Gasteiger partial charge in [-0.15, -0.1) is 0 Å². The lowest BCUT2D eigenvalue weighted by Gasteiger charge is -2.14. The number of esters is 1. The number of cyclic esters (lactones) is 1. The van der Waals surface area contributed by atoms with Crippen LogP contribution in [0.25, 0.3) is 0 Å². The van der Waals surface area contributed by atoms with Crippen molar-refractivity contribution >= 4 is 11.8 Å². The summed E-state index contributed by atoms with van der Waals surface area (Å²) in [5, 5.41) is 0. The average Bonchev–Trinajstić information content (AvgIpc) is 3.01. The Morgan fingerprint density at radius 3 is 2.30 bits per heavy atom. The molecule has 27 heavy (non-hydrogen) atoms. The van der Waals surface area contributed by atoms with Gasteiger partial charge in [-0.3, -0.25) is 4.79 Å². The smallest absolute Gasteiger partial charge is 0.343 e. The standard InChI is InChI=1S/C20H20O7/c1-23-11-5-7-15(24-2)13(9-11)14(21)10-17-12-6-8-16(25-3)19(26-4)18(12)20(22)27-17/h5-9,17H,10H2,1-4H3/t17-/m0/s1. The number of rotatable bonds is 7. The van der Waals surface area contributed by atoms with Gasteiger partial charge in [-0.05, 0) is 24.3 Å². The first-order valence-electron chi connectivity index (χ1n) is 8.25. The summed E-state index contributed by atoms with van der Waals surface area (Å²) >= 11 is 0. The van der Waals surface area contributed by atoms with Gasteiger partial charge in [0.1, 0.15) is 23.2 Å². The zero-order valence-electron chi connectivity index (χ0n) is 15.5. The normalized spacial score (nSPS) is 15.0. The Hall–Kier alpha value is -3.22. The summed E-state index contributed by atoms with van der Waals surface area (Å²) in [6.07, 6.45) is -0.742. The number of Topliss-reactive ketones (excluding diaryl/α,β-unsaturated/α-hetero) is 1. The van der Waals surface area contributed by atoms with Crippen LogP contribution in [-0.2, 0) is 4.74 Å². The lowest BCUT2D eigenvalue weighted by Crippen LogP contribution is -2.09. The van der Waals surface area contributed by atoms with Crippen molar-refractivity contribution in [3.8, 4) is 23.0 Å². The van der Waals surface area contributed by atoms with Gasteiger partial charge in [-0.25, -0.2) is 4.79 Å². The molecule has 0 aliphatic carbocycles. The Kier molecular flexibility index (Phi) is 5.21. The molecule has 1 aliphatic rings. The second-order valence-corrected chi connectivity index (χ2v) is 5.85. The van der Waals surface area contributed by atoms with Crippen molar-refractivity contribution in [2.75, 3.05) is 28.4 Å². The summed E-state index contributed by atoms with van der Waals surface area (Å²) in [5.74, 6) is 0.915. The van der Waals surface area contributed by atoms with Gasteiger partial charge in [0.2, 0.25) is 0 Å². The second kappa shape index (κ2) is 7.57. The fourth-order valence-corrected chi connectivity index (χ4v) is 3.13. The highest BCUT2D eigenvalue weighted by molar-refractivity contribution is 6.02. The van der Waals surface area contributed by atoms with Crippen molar-refractivity contribution in [3.63, 3.8) is 0 Å². The topological polar surface area (TPSA) is 80.3 Å². The first kappa shape index (κ1) is 18.6. The Bertz CT molecular complexity index is 888. The number of benzene rings is 2. The quantitative estimate of drug-likeness (QED) is 0.545. The Morgan fingerprint density at radius 1 is 0.963 bits per heavy atom. The molecule has 0 fully saturated rings. The molecule has 2 aromatic rings. The number of ketones is 1. The van der Waals surface area contributed by atoms with Gasteiger partial charge in [0.15, 0.2) is 17.3 Å². The number of carbonyl (C=O) groups is 2. The molecule has 7 nitrogen and oxygen atoms in total. The lowest BCUT2D eigenvalue weighted by molar-refractivity contribution is 0.0365. The minimum atomic E-state index is -0.712. The monoisotopic (exact) mass is 372 g/mol. The Morgan fingerprint density at radius 2 is 1.67 bits per heavy atom. The summed E-state index contributed by atoms with van der Waals surface area (Å²) in [4.78, 5) is 25.2. The van der Waals surface area contributed by atoms with Gasteiger partial charge >= 0.3 is 5.97 Å². The highest BCUT2D eigenvalue weighted by Crippen LogP contribution is 2.43. The molecule has 1 aliphatic heterocycles. The van der Waals surface area contributed by atoms with Crippen LogP contribution >= 0.6 is 0 Å². The van der Waals surface area contributed by atoms with Crippen molar-refractivity contribution in [3.05, 3.63) is 47.0 Å². The van der Waals surface area contributed by atoms with E-state index in [0.717, 1.165) is 0 Å². The largest absolute Gasteiger partial charge is 0.497 e. The first-order valence-corrected chi connectivity index (χ1v) is 8.25. The molecule has 0 amide bonds. The molecule has 0 spiro atoms. The summed E-state index contributed by atoms with van der Waals surface area (Å²) in [6, 6.07) is 8.37. The van der Waals surface area contributed by atoms with E-state index in [-0.39, 0.29) is 17.8 Å². The third kappa shape index (κ3) is 3.28. The average molecular weight is 372 g/mol. The minimum Gasteiger partial charge on any atom is -0.497 e. The van der Waals surface area contributed by atoms with Crippen LogP contribution in [0.5, 0.6) is 23.0 Å². The van der Waals surface area contributed by atoms with Gasteiger partial charge in [0, 0.05) is 5.56 Å². The SMILES string of the molecule is COc1ccc(OC)c(C(=O)C[C@@H]2OC(=O)c3c2ccc(OC)c3OC)c1. The van der Waals surface area contributed by atoms with Crippen LogP contribution in [-0.4, -0.2) is 40.2 Å². The number of fused-ring (bicyclic) bond motifs is 1. The van der Waals surface area contributed by atoms with Crippen molar-refractivity contribution in [2.45, 2.75) is 12.5 Å². The van der Waals surface area contributed by atoms with Gasteiger partial charge < -0.3 is 23.7 Å². The van der Waals surface area contributed by atoms with Crippen molar-refractivity contribution in [2.24, 2.45) is 0 Å². The van der Waals surface area contributed by atoms with E-state index < -0.39 is 12.1 Å². The molecule has 0 aromatic heterocycles. The predicted molar refractivity (Wildman–Crippen MR) is 96.2 cm³/mol. The molecule has 7 heteroatoms. The maximum Gasteiger partial charge on any atom is 0.343 e. The van der Waals surface area contributed by atoms with Crippen LogP contribution in [0.4, 0.5) is 0 Å². The Labute approximate surface area is 156 Å². The van der Waals surface area contributed by atoms with E-state index in [1.54, 1.807) is 30.3 Å². The first-order chi connectivity index (χ1) is 13.0. The molecular weight excluding hydrogens is 352 g/mol. The zero-order chi connectivity index (χ0) is 19.6. The number of carbonyl (C=O) groups excluding carboxylic acids is 2. The van der Waals surface area contributed by atoms with Gasteiger partial charge in [0.25, 0.3) is 0 Å². The highest BCUT2D eigenvalue weighted by Gasteiger charge is 2.37. The Balaban J connectivity index is 1.93. The van der Waals surface area contributed by atoms with E-state index in [1.165, 1.54) is 28.4 Å². The van der Waals surface area contributed by atoms with E-state index in [1.807, 2.05) is 0 Å². The summed E-state index contributed by atoms with van der Waals surface area (Å²) in [7, 11) is 5.94. The molecule has 0 N–H and O–H groups in total. The van der Waals surface area contributed by atoms with Crippen LogP contribution < -0.4 is 18.9 Å². The molecule has 0 bridgehead atoms. The third-order valence-corrected chi connectivity index (χ3v) is 4.46. The van der Waals surface area contributed by atoms with Crippen molar-refractivity contribution < 1.29 is 33.3 Å². The fourth-order valence-electron chi connectivity index (χ4n) is 3.13. The molecular formula is C20H20O7. The molecule has 0 saturated carbocycles. The van der Waals surface area contributed by atoms with E-state index in [4.69, 9.17) is 23.7 Å². The van der Waals surface area contributed by atoms with Gasteiger partial charge in [-0.1, -0.05) is 6.07 Å². The summed E-state index contributed by atoms with van der Waals surface area (Å²) in [6.45, 7) is 0. The molecule has 3 rings (SSSR count). The molecule has 0 unspecified atom stereocenters. The van der Waals surface area contributed by atoms with E-state index in [2.05, 4.69) is 0 Å². The van der Waals surface area contributed by atoms with E-state index >= 15 is 0 Å². The van der Waals surface area contributed by atoms with E-state index in [0.29, 0.717) is 34.1 Å². The molecule has 142 valence electrons. The number of ether oxygens (including phenoxy) is 5. The third-order valence-electron chi connectivity index (χ3n) is 4.46. The number of hydrogen-bond donors (Lipinski definition) is 0. The summed E-state index contributed by atoms with van der Waals surface area (Å²) < 4.78 is 26.4. The molecule has 2 aromatic carbocycles. The van der Waals surface area contributed by atoms with Crippen LogP contribution in [0.15, 0.2) is 30.3 Å². The lowest BCUT2D eigenvalue weighted by atomic mass is 9.97. The molecule has 0 radical (unpaired) electrons. The van der Waals surface area contributed by atoms with Crippen LogP contribution in [0.2, 0.25) is 0 Å². The molecule has 1 atom stereocenters. The fraction of sp³-hybridized carbons (Fsp3) is 0.300. The van der Waals surface area contributed by atoms with E-state index in [9.17, 15) is 9.59 Å². The van der Waals surface area contributed by atoms with Gasteiger partial charge in [-0.2, -0.15) is 0 Å². The molecule has 0 saturated heterocycles. The van der Waals surface area contributed by atoms with Crippen LogP contribution in [0, 0.1) is 0 Å². The highest BCUT2D eigenvalue weighted by atomic mass is 16.6. The minimum absolute atomic E-state index is 0.0300. The van der Waals surface area contributed by atoms with Crippen molar-refractivity contribution in [1.29, 1.82) is 0 Å². The number of methoxy groups -OCH3 is 4. The summed E-state index contributed by atoms with van der Waals surface area (Å²) in [5.41, 5.74) is 1.24. The van der Waals surface area contributed by atoms with Gasteiger partial charge in [0.05, 0.1) is 40.4 Å². The maximum atomic E-state index is 12.9. The number of hydrogen-bond acceptors (Lipinski definition) is 7. The predicted octanol–water partition coefficient (Wildman–Crippen LogP) is 3.21. The molecule has 1 heterocycles.